The quantitative estimate of drug-likeness (QED) is 0.558. The van der Waals surface area contributed by atoms with Crippen LogP contribution in [0.4, 0.5) is 26.3 Å². The molecule has 11 heteroatoms. The van der Waals surface area contributed by atoms with Crippen molar-refractivity contribution in [3.05, 3.63) is 65.1 Å². The minimum Gasteiger partial charge on any atom is -0.490 e. The lowest BCUT2D eigenvalue weighted by molar-refractivity contribution is -0.143. The van der Waals surface area contributed by atoms with Gasteiger partial charge in [-0.2, -0.15) is 26.3 Å². The van der Waals surface area contributed by atoms with E-state index in [-0.39, 0.29) is 19.0 Å². The molecule has 0 bridgehead atoms. The lowest BCUT2D eigenvalue weighted by Crippen LogP contribution is -2.26. The number of alkyl halides is 6. The van der Waals surface area contributed by atoms with Gasteiger partial charge in [0.15, 0.2) is 11.4 Å². The van der Waals surface area contributed by atoms with Gasteiger partial charge in [-0.15, -0.1) is 0 Å². The van der Waals surface area contributed by atoms with Crippen molar-refractivity contribution in [2.24, 2.45) is 0 Å². The normalized spacial score (nSPS) is 12.2. The lowest BCUT2D eigenvalue weighted by Gasteiger charge is -2.14. The van der Waals surface area contributed by atoms with Crippen LogP contribution in [-0.4, -0.2) is 28.4 Å². The van der Waals surface area contributed by atoms with E-state index >= 15 is 0 Å². The zero-order valence-corrected chi connectivity index (χ0v) is 16.1. The molecule has 3 rings (SSSR count). The number of hydrogen-bond acceptors (Lipinski definition) is 3. The summed E-state index contributed by atoms with van der Waals surface area (Å²) in [6.45, 7) is 2.22. The maximum absolute atomic E-state index is 12.9. The number of aromatic nitrogens is 2. The standard InChI is InChI=1S/C20H17F6N3O2/c1-2-31-16-4-3-7-29-11-15(28-17(16)29)5-6-27-18(30)12-8-13(19(21,22)23)10-14(9-12)20(24,25)26/h3-4,7-11H,2,5-6H2,1H3,(H,27,30). The Balaban J connectivity index is 1.74. The summed E-state index contributed by atoms with van der Waals surface area (Å²) in [5.74, 6) is -0.487. The summed E-state index contributed by atoms with van der Waals surface area (Å²) in [7, 11) is 0. The first kappa shape index (κ1) is 22.4. The number of rotatable bonds is 6. The van der Waals surface area contributed by atoms with E-state index < -0.39 is 35.0 Å². The van der Waals surface area contributed by atoms with E-state index in [1.807, 2.05) is 6.92 Å². The number of pyridine rings is 1. The van der Waals surface area contributed by atoms with Gasteiger partial charge in [-0.3, -0.25) is 4.79 Å². The highest BCUT2D eigenvalue weighted by atomic mass is 19.4. The Kier molecular flexibility index (Phi) is 6.14. The second kappa shape index (κ2) is 8.48. The minimum atomic E-state index is -5.02. The molecular formula is C20H17F6N3O2. The summed E-state index contributed by atoms with van der Waals surface area (Å²) < 4.78 is 84.8. The van der Waals surface area contributed by atoms with Gasteiger partial charge in [-0.1, -0.05) is 0 Å². The zero-order chi connectivity index (χ0) is 22.8. The number of halogens is 6. The number of benzene rings is 1. The second-order valence-corrected chi connectivity index (χ2v) is 6.57. The van der Waals surface area contributed by atoms with Crippen molar-refractivity contribution < 1.29 is 35.9 Å². The summed E-state index contributed by atoms with van der Waals surface area (Å²) in [5.41, 5.74) is -2.70. The van der Waals surface area contributed by atoms with E-state index in [1.54, 1.807) is 28.9 Å². The number of carbonyl (C=O) groups excluding carboxylic acids is 1. The van der Waals surface area contributed by atoms with Gasteiger partial charge in [0.25, 0.3) is 5.91 Å². The Morgan fingerprint density at radius 2 is 1.74 bits per heavy atom. The van der Waals surface area contributed by atoms with Crippen LogP contribution in [0.3, 0.4) is 0 Å². The molecule has 0 aliphatic heterocycles. The van der Waals surface area contributed by atoms with E-state index in [1.165, 1.54) is 0 Å². The van der Waals surface area contributed by atoms with Gasteiger partial charge in [-0.05, 0) is 37.3 Å². The van der Waals surface area contributed by atoms with Gasteiger partial charge in [0, 0.05) is 30.9 Å². The molecule has 1 aromatic carbocycles. The average molecular weight is 445 g/mol. The molecule has 31 heavy (non-hydrogen) atoms. The first-order valence-electron chi connectivity index (χ1n) is 9.16. The third-order valence-electron chi connectivity index (χ3n) is 4.31. The van der Waals surface area contributed by atoms with Crippen molar-refractivity contribution in [1.82, 2.24) is 14.7 Å². The van der Waals surface area contributed by atoms with Gasteiger partial charge in [-0.25, -0.2) is 4.98 Å². The highest BCUT2D eigenvalue weighted by molar-refractivity contribution is 5.94. The van der Waals surface area contributed by atoms with E-state index in [0.29, 0.717) is 35.8 Å². The average Bonchev–Trinajstić information content (AvgIpc) is 3.10. The molecular weight excluding hydrogens is 428 g/mol. The lowest BCUT2D eigenvalue weighted by atomic mass is 10.0. The Morgan fingerprint density at radius 1 is 1.10 bits per heavy atom. The Labute approximate surface area is 172 Å². The summed E-state index contributed by atoms with van der Waals surface area (Å²) in [6, 6.07) is 4.26. The molecule has 0 atom stereocenters. The van der Waals surface area contributed by atoms with Crippen molar-refractivity contribution in [2.75, 3.05) is 13.2 Å². The number of nitrogens with one attached hydrogen (secondary N) is 1. The molecule has 2 heterocycles. The van der Waals surface area contributed by atoms with Crippen LogP contribution in [0, 0.1) is 0 Å². The molecule has 0 spiro atoms. The number of ether oxygens (including phenoxy) is 1. The molecule has 0 saturated heterocycles. The van der Waals surface area contributed by atoms with Crippen LogP contribution in [0.1, 0.15) is 34.1 Å². The summed E-state index contributed by atoms with van der Waals surface area (Å²) in [4.78, 5) is 16.6. The molecule has 1 amide bonds. The number of carbonyl (C=O) groups is 1. The predicted octanol–water partition coefficient (Wildman–Crippen LogP) is 4.74. The van der Waals surface area contributed by atoms with Crippen LogP contribution in [-0.2, 0) is 18.8 Å². The molecule has 3 aromatic rings. The fourth-order valence-corrected chi connectivity index (χ4v) is 2.92. The zero-order valence-electron chi connectivity index (χ0n) is 16.1. The number of fused-ring (bicyclic) bond motifs is 1. The summed E-state index contributed by atoms with van der Waals surface area (Å²) in [6.07, 6.45) is -6.40. The van der Waals surface area contributed by atoms with Gasteiger partial charge in [0.2, 0.25) is 0 Å². The van der Waals surface area contributed by atoms with Gasteiger partial charge in [0.05, 0.1) is 23.4 Å². The van der Waals surface area contributed by atoms with E-state index in [2.05, 4.69) is 10.3 Å². The van der Waals surface area contributed by atoms with E-state index in [4.69, 9.17) is 4.74 Å². The molecule has 0 radical (unpaired) electrons. The van der Waals surface area contributed by atoms with E-state index in [0.717, 1.165) is 0 Å². The van der Waals surface area contributed by atoms with Crippen molar-refractivity contribution >= 4 is 11.6 Å². The number of amides is 1. The van der Waals surface area contributed by atoms with Crippen LogP contribution in [0.2, 0.25) is 0 Å². The highest BCUT2D eigenvalue weighted by Gasteiger charge is 2.37. The third kappa shape index (κ3) is 5.28. The summed E-state index contributed by atoms with van der Waals surface area (Å²) >= 11 is 0. The molecule has 166 valence electrons. The molecule has 0 fully saturated rings. The van der Waals surface area contributed by atoms with Crippen molar-refractivity contribution in [2.45, 2.75) is 25.7 Å². The number of imidazole rings is 1. The largest absolute Gasteiger partial charge is 0.490 e. The summed E-state index contributed by atoms with van der Waals surface area (Å²) in [5, 5.41) is 2.33. The molecule has 0 aliphatic rings. The molecule has 5 nitrogen and oxygen atoms in total. The fraction of sp³-hybridized carbons (Fsp3) is 0.300. The van der Waals surface area contributed by atoms with Crippen molar-refractivity contribution in [3.63, 3.8) is 0 Å². The first-order valence-corrected chi connectivity index (χ1v) is 9.16. The smallest absolute Gasteiger partial charge is 0.416 e. The van der Waals surface area contributed by atoms with Crippen LogP contribution < -0.4 is 10.1 Å². The number of nitrogens with zero attached hydrogens (tertiary/aromatic N) is 2. The maximum Gasteiger partial charge on any atom is 0.416 e. The number of hydrogen-bond donors (Lipinski definition) is 1. The van der Waals surface area contributed by atoms with Crippen LogP contribution in [0.5, 0.6) is 5.75 Å². The van der Waals surface area contributed by atoms with Gasteiger partial charge in [0.1, 0.15) is 0 Å². The first-order chi connectivity index (χ1) is 14.5. The van der Waals surface area contributed by atoms with Crippen molar-refractivity contribution in [1.29, 1.82) is 0 Å². The molecule has 2 aromatic heterocycles. The topological polar surface area (TPSA) is 55.6 Å². The van der Waals surface area contributed by atoms with Crippen LogP contribution in [0.15, 0.2) is 42.7 Å². The third-order valence-corrected chi connectivity index (χ3v) is 4.31. The van der Waals surface area contributed by atoms with Gasteiger partial charge >= 0.3 is 12.4 Å². The Hall–Kier alpha value is -3.24. The SMILES string of the molecule is CCOc1cccn2cc(CCNC(=O)c3cc(C(F)(F)F)cc(C(F)(F)F)c3)nc12. The van der Waals surface area contributed by atoms with Crippen LogP contribution >= 0.6 is 0 Å². The fourth-order valence-electron chi connectivity index (χ4n) is 2.92. The highest BCUT2D eigenvalue weighted by Crippen LogP contribution is 2.36. The molecule has 0 saturated carbocycles. The van der Waals surface area contributed by atoms with Gasteiger partial charge < -0.3 is 14.5 Å². The molecule has 0 aliphatic carbocycles. The molecule has 1 N–H and O–H groups in total. The maximum atomic E-state index is 12.9. The second-order valence-electron chi connectivity index (χ2n) is 6.57. The monoisotopic (exact) mass is 445 g/mol. The van der Waals surface area contributed by atoms with E-state index in [9.17, 15) is 31.1 Å². The van der Waals surface area contributed by atoms with Crippen LogP contribution in [0.25, 0.3) is 5.65 Å². The Morgan fingerprint density at radius 3 is 2.32 bits per heavy atom. The van der Waals surface area contributed by atoms with Crippen molar-refractivity contribution in [3.8, 4) is 5.75 Å². The predicted molar refractivity (Wildman–Crippen MR) is 98.8 cm³/mol. The minimum absolute atomic E-state index is 0.0244. The Bertz CT molecular complexity index is 1060. The molecule has 0 unspecified atom stereocenters.